The third kappa shape index (κ3) is 6.10. The Kier molecular flexibility index (Phi) is 9.23. The number of rotatable bonds is 9. The third-order valence-corrected chi connectivity index (χ3v) is 17.3. The van der Waals surface area contributed by atoms with E-state index in [1.54, 1.807) is 7.11 Å². The van der Waals surface area contributed by atoms with E-state index in [2.05, 4.69) is 103 Å². The number of benzene rings is 1. The van der Waals surface area contributed by atoms with Crippen molar-refractivity contribution in [3.05, 3.63) is 65.8 Å². The van der Waals surface area contributed by atoms with E-state index in [4.69, 9.17) is 13.9 Å². The summed E-state index contributed by atoms with van der Waals surface area (Å²) in [5.41, 5.74) is 3.25. The van der Waals surface area contributed by atoms with Crippen LogP contribution in [0.5, 0.6) is 0 Å². The summed E-state index contributed by atoms with van der Waals surface area (Å²) in [6.07, 6.45) is 8.17. The molecule has 3 fully saturated rings. The molecular formula is C33H47NO3SeSi. The summed E-state index contributed by atoms with van der Waals surface area (Å²) in [5, 5.41) is 10.6. The molecule has 4 nitrogen and oxygen atoms in total. The van der Waals surface area contributed by atoms with Crippen molar-refractivity contribution in [2.45, 2.75) is 95.3 Å². The molecule has 5 rings (SSSR count). The molecular weight excluding hydrogens is 565 g/mol. The van der Waals surface area contributed by atoms with Crippen molar-refractivity contribution < 1.29 is 13.9 Å². The second kappa shape index (κ2) is 11.8. The van der Waals surface area contributed by atoms with Crippen LogP contribution in [0.15, 0.2) is 65.8 Å². The molecule has 0 amide bonds. The van der Waals surface area contributed by atoms with Gasteiger partial charge in [-0.15, -0.1) is 0 Å². The van der Waals surface area contributed by atoms with Crippen LogP contribution in [0.25, 0.3) is 0 Å². The first-order valence-corrected chi connectivity index (χ1v) is 19.0. The van der Waals surface area contributed by atoms with Gasteiger partial charge in [-0.1, -0.05) is 0 Å². The molecule has 0 N–H and O–H groups in total. The molecule has 1 unspecified atom stereocenters. The molecule has 1 saturated carbocycles. The maximum absolute atomic E-state index is 10.4. The number of nitrogens with zero attached hydrogens (tertiary/aromatic N) is 1. The molecule has 6 heteroatoms. The minimum absolute atomic E-state index is 0.0336. The number of hydrogen-bond donors (Lipinski definition) is 0. The second-order valence-electron chi connectivity index (χ2n) is 13.3. The molecule has 2 heterocycles. The average Bonchev–Trinajstić information content (AvgIpc) is 3.29. The van der Waals surface area contributed by atoms with Crippen LogP contribution in [0, 0.1) is 35.0 Å². The van der Waals surface area contributed by atoms with E-state index in [0.717, 1.165) is 30.4 Å². The predicted octanol–water partition coefficient (Wildman–Crippen LogP) is 7.13. The van der Waals surface area contributed by atoms with Crippen LogP contribution in [-0.2, 0) is 13.9 Å². The summed E-state index contributed by atoms with van der Waals surface area (Å²) in [4.78, 5) is 0. The zero-order valence-corrected chi connectivity index (χ0v) is 27.8. The van der Waals surface area contributed by atoms with E-state index >= 15 is 0 Å². The van der Waals surface area contributed by atoms with Crippen molar-refractivity contribution in [3.63, 3.8) is 0 Å². The van der Waals surface area contributed by atoms with Gasteiger partial charge in [0.2, 0.25) is 0 Å². The Labute approximate surface area is 244 Å². The summed E-state index contributed by atoms with van der Waals surface area (Å²) in [6.45, 7) is 20.4. The topological polar surface area (TPSA) is 51.5 Å². The zero-order valence-electron chi connectivity index (χ0n) is 25.1. The molecule has 2 saturated heterocycles. The average molecular weight is 613 g/mol. The molecule has 0 radical (unpaired) electrons. The molecule has 7 atom stereocenters. The number of hydrogen-bond acceptors (Lipinski definition) is 4. The van der Waals surface area contributed by atoms with Crippen molar-refractivity contribution in [1.82, 2.24) is 0 Å². The van der Waals surface area contributed by atoms with Gasteiger partial charge in [0.1, 0.15) is 0 Å². The summed E-state index contributed by atoms with van der Waals surface area (Å²) < 4.78 is 20.6. The molecule has 212 valence electrons. The molecule has 2 aliphatic heterocycles. The van der Waals surface area contributed by atoms with Gasteiger partial charge in [0, 0.05) is 0 Å². The summed E-state index contributed by atoms with van der Waals surface area (Å²) in [5.74, 6) is 0.876. The molecule has 0 aromatic heterocycles. The molecule has 4 aliphatic rings. The van der Waals surface area contributed by atoms with E-state index in [9.17, 15) is 5.26 Å². The zero-order chi connectivity index (χ0) is 28.6. The van der Waals surface area contributed by atoms with Crippen molar-refractivity contribution in [1.29, 1.82) is 5.26 Å². The van der Waals surface area contributed by atoms with Crippen LogP contribution >= 0.6 is 0 Å². The van der Waals surface area contributed by atoms with Crippen molar-refractivity contribution >= 4 is 27.7 Å². The van der Waals surface area contributed by atoms with E-state index < -0.39 is 12.8 Å². The monoisotopic (exact) mass is 613 g/mol. The second-order valence-corrected chi connectivity index (χ2v) is 20.8. The van der Waals surface area contributed by atoms with Crippen LogP contribution in [0.1, 0.15) is 60.3 Å². The van der Waals surface area contributed by atoms with Crippen molar-refractivity contribution in [2.24, 2.45) is 23.7 Å². The molecule has 0 spiro atoms. The van der Waals surface area contributed by atoms with Crippen molar-refractivity contribution in [3.8, 4) is 6.07 Å². The van der Waals surface area contributed by atoms with Crippen LogP contribution in [0.4, 0.5) is 0 Å². The summed E-state index contributed by atoms with van der Waals surface area (Å²) in [6, 6.07) is 13.3. The van der Waals surface area contributed by atoms with E-state index in [1.165, 1.54) is 10.0 Å². The summed E-state index contributed by atoms with van der Waals surface area (Å²) >= 11 is 0.0336. The number of ether oxygens (including phenoxy) is 2. The van der Waals surface area contributed by atoms with Gasteiger partial charge >= 0.3 is 245 Å². The van der Waals surface area contributed by atoms with Gasteiger partial charge in [-0.3, -0.25) is 0 Å². The fourth-order valence-corrected chi connectivity index (χ4v) is 10.8. The standard InChI is InChI=1S/C33H47NO3SeSi/c1-22(2)30-27-18-23(3)33(36-31(27)35-7,38-26-15-11-10-12-16-26)28(30)20-24(21-34)19-25-14-13-17-29(25)37-39(8,9)32(4,5)6/h10-12,14-16,20,23,27-31H,1,13,17-19H2,2-9H3/b24-20+/t23-,27-,28+,29+,30-,31-,33?/m1/s1. The third-order valence-electron chi connectivity index (χ3n) is 9.51. The van der Waals surface area contributed by atoms with Gasteiger partial charge in [-0.2, -0.15) is 0 Å². The molecule has 39 heavy (non-hydrogen) atoms. The Bertz CT molecular complexity index is 1150. The van der Waals surface area contributed by atoms with Crippen LogP contribution in [-0.4, -0.2) is 47.3 Å². The predicted molar refractivity (Wildman–Crippen MR) is 163 cm³/mol. The maximum atomic E-state index is 10.4. The minimum atomic E-state index is -1.91. The van der Waals surface area contributed by atoms with Gasteiger partial charge in [-0.05, 0) is 0 Å². The van der Waals surface area contributed by atoms with E-state index in [-0.39, 0.29) is 50.1 Å². The Balaban J connectivity index is 1.69. The van der Waals surface area contributed by atoms with Crippen LogP contribution in [0.3, 0.4) is 0 Å². The number of methoxy groups -OCH3 is 1. The molecule has 2 aliphatic carbocycles. The van der Waals surface area contributed by atoms with Gasteiger partial charge in [0.25, 0.3) is 0 Å². The Hall–Kier alpha value is -1.45. The molecule has 1 aromatic carbocycles. The first kappa shape index (κ1) is 30.5. The fourth-order valence-electron chi connectivity index (χ4n) is 6.45. The number of allylic oxidation sites excluding steroid dienone is 3. The van der Waals surface area contributed by atoms with E-state index in [1.807, 2.05) is 0 Å². The van der Waals surface area contributed by atoms with Crippen LogP contribution in [0.2, 0.25) is 18.1 Å². The van der Waals surface area contributed by atoms with E-state index in [0.29, 0.717) is 12.3 Å². The van der Waals surface area contributed by atoms with Crippen LogP contribution < -0.4 is 4.46 Å². The summed E-state index contributed by atoms with van der Waals surface area (Å²) in [7, 11) is -0.156. The van der Waals surface area contributed by atoms with Gasteiger partial charge in [-0.25, -0.2) is 0 Å². The Morgan fingerprint density at radius 3 is 2.56 bits per heavy atom. The number of nitriles is 1. The van der Waals surface area contributed by atoms with Crippen molar-refractivity contribution in [2.75, 3.05) is 7.11 Å². The van der Waals surface area contributed by atoms with Gasteiger partial charge < -0.3 is 0 Å². The van der Waals surface area contributed by atoms with Gasteiger partial charge in [0.15, 0.2) is 0 Å². The molecule has 1 aromatic rings. The normalized spacial score (nSPS) is 33.1. The Morgan fingerprint density at radius 1 is 1.28 bits per heavy atom. The Morgan fingerprint density at radius 2 is 1.97 bits per heavy atom. The SMILES string of the molecule is C=C(C)[C@@H]1[C@H]2C[C@@H](C)C([Se]c3ccccc3)(O[C@H]2OC)[C@H]1/C=C(/C#N)CC1=CCC[C@@H]1O[Si](C)(C)C(C)(C)C. The fraction of sp³-hybridized carbons (Fsp3) is 0.606. The first-order valence-electron chi connectivity index (χ1n) is 14.4. The number of fused-ring (bicyclic) bond motifs is 3. The first-order chi connectivity index (χ1) is 18.3. The van der Waals surface area contributed by atoms with Gasteiger partial charge in [0.05, 0.1) is 0 Å². The molecule has 2 bridgehead atoms. The quantitative estimate of drug-likeness (QED) is 0.169.